The largest absolute Gasteiger partial charge is 0.493 e. The number of benzene rings is 2. The number of amides is 3. The van der Waals surface area contributed by atoms with E-state index in [0.717, 1.165) is 5.56 Å². The molecule has 2 aromatic rings. The van der Waals surface area contributed by atoms with Crippen LogP contribution in [0.25, 0.3) is 0 Å². The van der Waals surface area contributed by atoms with Crippen LogP contribution in [0.1, 0.15) is 25.8 Å². The molecule has 0 fully saturated rings. The van der Waals surface area contributed by atoms with E-state index in [1.54, 1.807) is 24.3 Å². The normalized spacial score (nSPS) is 10.2. The van der Waals surface area contributed by atoms with Crippen LogP contribution in [0.2, 0.25) is 0 Å². The second kappa shape index (κ2) is 12.3. The summed E-state index contributed by atoms with van der Waals surface area (Å²) in [4.78, 5) is 37.8. The zero-order chi connectivity index (χ0) is 24.4. The van der Waals surface area contributed by atoms with Gasteiger partial charge in [0.2, 0.25) is 23.5 Å². The van der Waals surface area contributed by atoms with E-state index in [4.69, 9.17) is 14.2 Å². The second-order valence-electron chi connectivity index (χ2n) is 7.25. The summed E-state index contributed by atoms with van der Waals surface area (Å²) in [5, 5.41) is 5.43. The number of nitrogens with one attached hydrogen (secondary N) is 2. The van der Waals surface area contributed by atoms with Gasteiger partial charge in [-0.15, -0.1) is 0 Å². The highest BCUT2D eigenvalue weighted by atomic mass is 16.5. The lowest BCUT2D eigenvalue weighted by Gasteiger charge is -2.21. The third-order valence-electron chi connectivity index (χ3n) is 4.91. The minimum absolute atomic E-state index is 0.0575. The Kier molecular flexibility index (Phi) is 9.53. The molecule has 0 heterocycles. The molecule has 178 valence electrons. The standard InChI is InChI=1S/C24H31N3O6/c1-6-27(15-22(29)26-19-10-8-18(9-11-19)25-16(2)28)23(30)12-7-17-13-20(31-3)24(33-5)21(14-17)32-4/h8-11,13-14H,6-7,12,15H2,1-5H3,(H,25,28)(H,26,29). The van der Waals surface area contributed by atoms with Gasteiger partial charge in [0, 0.05) is 31.3 Å². The molecule has 9 nitrogen and oxygen atoms in total. The lowest BCUT2D eigenvalue weighted by Crippen LogP contribution is -2.38. The van der Waals surface area contributed by atoms with Crippen molar-refractivity contribution in [2.75, 3.05) is 45.1 Å². The van der Waals surface area contributed by atoms with E-state index in [0.29, 0.717) is 41.6 Å². The van der Waals surface area contributed by atoms with Gasteiger partial charge in [0.1, 0.15) is 0 Å². The monoisotopic (exact) mass is 457 g/mol. The van der Waals surface area contributed by atoms with E-state index in [2.05, 4.69) is 10.6 Å². The number of carbonyl (C=O) groups is 3. The van der Waals surface area contributed by atoms with E-state index >= 15 is 0 Å². The fourth-order valence-corrected chi connectivity index (χ4v) is 3.28. The van der Waals surface area contributed by atoms with Crippen LogP contribution >= 0.6 is 0 Å². The maximum Gasteiger partial charge on any atom is 0.243 e. The average molecular weight is 458 g/mol. The quantitative estimate of drug-likeness (QED) is 0.537. The molecule has 0 saturated heterocycles. The molecule has 0 saturated carbocycles. The van der Waals surface area contributed by atoms with Crippen LogP contribution in [0.15, 0.2) is 36.4 Å². The number of aryl methyl sites for hydroxylation is 1. The van der Waals surface area contributed by atoms with Crippen molar-refractivity contribution in [3.63, 3.8) is 0 Å². The van der Waals surface area contributed by atoms with Gasteiger partial charge in [-0.3, -0.25) is 14.4 Å². The van der Waals surface area contributed by atoms with Crippen LogP contribution in [0, 0.1) is 0 Å². The van der Waals surface area contributed by atoms with Crippen molar-refractivity contribution in [3.05, 3.63) is 42.0 Å². The Balaban J connectivity index is 1.95. The van der Waals surface area contributed by atoms with E-state index in [-0.39, 0.29) is 30.7 Å². The number of carbonyl (C=O) groups excluding carboxylic acids is 3. The number of hydrogen-bond acceptors (Lipinski definition) is 6. The van der Waals surface area contributed by atoms with Gasteiger partial charge in [0.15, 0.2) is 11.5 Å². The molecule has 0 atom stereocenters. The van der Waals surface area contributed by atoms with Crippen LogP contribution in [0.5, 0.6) is 17.2 Å². The zero-order valence-electron chi connectivity index (χ0n) is 19.7. The third-order valence-corrected chi connectivity index (χ3v) is 4.91. The number of anilines is 2. The van der Waals surface area contributed by atoms with Crippen LogP contribution in [0.4, 0.5) is 11.4 Å². The van der Waals surface area contributed by atoms with Gasteiger partial charge in [-0.2, -0.15) is 0 Å². The van der Waals surface area contributed by atoms with Gasteiger partial charge in [-0.05, 0) is 55.3 Å². The van der Waals surface area contributed by atoms with Gasteiger partial charge in [0.25, 0.3) is 0 Å². The van der Waals surface area contributed by atoms with E-state index in [1.165, 1.54) is 33.2 Å². The van der Waals surface area contributed by atoms with Gasteiger partial charge < -0.3 is 29.7 Å². The van der Waals surface area contributed by atoms with E-state index in [9.17, 15) is 14.4 Å². The first-order valence-corrected chi connectivity index (χ1v) is 10.5. The molecule has 0 bridgehead atoms. The molecule has 0 aliphatic heterocycles. The highest BCUT2D eigenvalue weighted by molar-refractivity contribution is 5.95. The summed E-state index contributed by atoms with van der Waals surface area (Å²) in [7, 11) is 4.61. The van der Waals surface area contributed by atoms with Crippen LogP contribution in [-0.2, 0) is 20.8 Å². The molecule has 2 aromatic carbocycles. The maximum atomic E-state index is 12.7. The minimum Gasteiger partial charge on any atom is -0.493 e. The Hall–Kier alpha value is -3.75. The smallest absolute Gasteiger partial charge is 0.243 e. The van der Waals surface area contributed by atoms with Crippen molar-refractivity contribution < 1.29 is 28.6 Å². The fraction of sp³-hybridized carbons (Fsp3) is 0.375. The molecular weight excluding hydrogens is 426 g/mol. The Morgan fingerprint density at radius 2 is 1.42 bits per heavy atom. The molecule has 0 spiro atoms. The third kappa shape index (κ3) is 7.41. The molecular formula is C24H31N3O6. The minimum atomic E-state index is -0.301. The Bertz CT molecular complexity index is 950. The molecule has 0 aliphatic rings. The number of nitrogens with zero attached hydrogens (tertiary/aromatic N) is 1. The Labute approximate surface area is 194 Å². The predicted octanol–water partition coefficient (Wildman–Crippen LogP) is 3.09. The number of likely N-dealkylation sites (N-methyl/N-ethyl adjacent to an activating group) is 1. The topological polar surface area (TPSA) is 106 Å². The predicted molar refractivity (Wildman–Crippen MR) is 126 cm³/mol. The highest BCUT2D eigenvalue weighted by Gasteiger charge is 2.18. The van der Waals surface area contributed by atoms with Crippen molar-refractivity contribution >= 4 is 29.1 Å². The summed E-state index contributed by atoms with van der Waals surface area (Å²) < 4.78 is 16.0. The summed E-state index contributed by atoms with van der Waals surface area (Å²) in [5.74, 6) is 0.932. The molecule has 0 radical (unpaired) electrons. The molecule has 0 unspecified atom stereocenters. The van der Waals surface area contributed by atoms with Crippen molar-refractivity contribution in [1.82, 2.24) is 4.90 Å². The van der Waals surface area contributed by atoms with Crippen molar-refractivity contribution in [2.45, 2.75) is 26.7 Å². The van der Waals surface area contributed by atoms with E-state index in [1.807, 2.05) is 19.1 Å². The van der Waals surface area contributed by atoms with Crippen LogP contribution in [0.3, 0.4) is 0 Å². The number of ether oxygens (including phenoxy) is 3. The Morgan fingerprint density at radius 1 is 0.879 bits per heavy atom. The molecule has 9 heteroatoms. The number of hydrogen-bond donors (Lipinski definition) is 2. The first-order chi connectivity index (χ1) is 15.8. The number of methoxy groups -OCH3 is 3. The maximum absolute atomic E-state index is 12.7. The summed E-state index contributed by atoms with van der Waals surface area (Å²) >= 11 is 0. The van der Waals surface area contributed by atoms with Crippen LogP contribution in [-0.4, -0.2) is 57.0 Å². The summed E-state index contributed by atoms with van der Waals surface area (Å²) in [6, 6.07) is 10.4. The first-order valence-electron chi connectivity index (χ1n) is 10.5. The summed E-state index contributed by atoms with van der Waals surface area (Å²) in [5.41, 5.74) is 2.07. The molecule has 0 aliphatic carbocycles. The molecule has 0 aromatic heterocycles. The van der Waals surface area contributed by atoms with Crippen molar-refractivity contribution in [2.24, 2.45) is 0 Å². The van der Waals surface area contributed by atoms with Crippen molar-refractivity contribution in [1.29, 1.82) is 0 Å². The van der Waals surface area contributed by atoms with E-state index < -0.39 is 0 Å². The average Bonchev–Trinajstić information content (AvgIpc) is 2.81. The van der Waals surface area contributed by atoms with Crippen molar-refractivity contribution in [3.8, 4) is 17.2 Å². The molecule has 2 rings (SSSR count). The highest BCUT2D eigenvalue weighted by Crippen LogP contribution is 2.38. The number of rotatable bonds is 11. The Morgan fingerprint density at radius 3 is 1.88 bits per heavy atom. The van der Waals surface area contributed by atoms with Gasteiger partial charge in [0.05, 0.1) is 27.9 Å². The molecule has 2 N–H and O–H groups in total. The fourth-order valence-electron chi connectivity index (χ4n) is 3.28. The SMILES string of the molecule is CCN(CC(=O)Nc1ccc(NC(C)=O)cc1)C(=O)CCc1cc(OC)c(OC)c(OC)c1. The second-order valence-corrected chi connectivity index (χ2v) is 7.25. The lowest BCUT2D eigenvalue weighted by atomic mass is 10.1. The van der Waals surface area contributed by atoms with Gasteiger partial charge in [-0.1, -0.05) is 0 Å². The van der Waals surface area contributed by atoms with Gasteiger partial charge in [-0.25, -0.2) is 0 Å². The summed E-state index contributed by atoms with van der Waals surface area (Å²) in [6.07, 6.45) is 0.684. The molecule has 3 amide bonds. The first kappa shape index (κ1) is 25.5. The van der Waals surface area contributed by atoms with Crippen LogP contribution < -0.4 is 24.8 Å². The zero-order valence-corrected chi connectivity index (χ0v) is 19.7. The lowest BCUT2D eigenvalue weighted by molar-refractivity contribution is -0.134. The van der Waals surface area contributed by atoms with Gasteiger partial charge >= 0.3 is 0 Å². The molecule has 33 heavy (non-hydrogen) atoms. The summed E-state index contributed by atoms with van der Waals surface area (Å²) in [6.45, 7) is 3.60.